The highest BCUT2D eigenvalue weighted by molar-refractivity contribution is 5.94. The molecule has 120 valence electrons. The number of nitrogens with zero attached hydrogens (tertiary/aromatic N) is 1. The van der Waals surface area contributed by atoms with Crippen molar-refractivity contribution in [2.24, 2.45) is 0 Å². The van der Waals surface area contributed by atoms with Crippen molar-refractivity contribution in [3.8, 4) is 17.2 Å². The molecule has 0 saturated carbocycles. The highest BCUT2D eigenvalue weighted by Crippen LogP contribution is 2.35. The molecule has 0 spiro atoms. The second kappa shape index (κ2) is 6.56. The zero-order valence-corrected chi connectivity index (χ0v) is 13.0. The Hall–Kier alpha value is -2.76. The molecule has 0 bridgehead atoms. The number of hydrogen-bond donors (Lipinski definition) is 1. The van der Waals surface area contributed by atoms with Gasteiger partial charge in [0.25, 0.3) is 5.91 Å². The van der Waals surface area contributed by atoms with Crippen molar-refractivity contribution in [2.45, 2.75) is 26.4 Å². The fourth-order valence-electron chi connectivity index (χ4n) is 2.25. The molecule has 23 heavy (non-hydrogen) atoms. The number of anilines is 1. The number of carbonyl (C=O) groups is 1. The van der Waals surface area contributed by atoms with Gasteiger partial charge in [0.2, 0.25) is 6.79 Å². The molecule has 1 aromatic heterocycles. The van der Waals surface area contributed by atoms with Crippen LogP contribution in [0.1, 0.15) is 18.9 Å². The third-order valence-electron chi connectivity index (χ3n) is 3.54. The predicted molar refractivity (Wildman–Crippen MR) is 84.9 cm³/mol. The monoisotopic (exact) mass is 314 g/mol. The Labute approximate surface area is 134 Å². The molecule has 1 aliphatic heterocycles. The van der Waals surface area contributed by atoms with Crippen molar-refractivity contribution in [3.05, 3.63) is 42.1 Å². The molecule has 1 aromatic carbocycles. The van der Waals surface area contributed by atoms with E-state index in [2.05, 4.69) is 10.3 Å². The van der Waals surface area contributed by atoms with Gasteiger partial charge in [-0.25, -0.2) is 4.98 Å². The van der Waals surface area contributed by atoms with Gasteiger partial charge in [0.05, 0.1) is 0 Å². The third kappa shape index (κ3) is 3.36. The van der Waals surface area contributed by atoms with Crippen molar-refractivity contribution in [1.82, 2.24) is 4.98 Å². The van der Waals surface area contributed by atoms with Gasteiger partial charge in [-0.3, -0.25) is 4.79 Å². The summed E-state index contributed by atoms with van der Waals surface area (Å²) in [7, 11) is 0. The van der Waals surface area contributed by atoms with Crippen LogP contribution in [0.3, 0.4) is 0 Å². The maximum absolute atomic E-state index is 12.4. The lowest BCUT2D eigenvalue weighted by Gasteiger charge is -2.17. The van der Waals surface area contributed by atoms with E-state index in [1.165, 1.54) is 0 Å². The second-order valence-corrected chi connectivity index (χ2v) is 5.19. The molecule has 0 fully saturated rings. The number of pyridine rings is 1. The van der Waals surface area contributed by atoms with Gasteiger partial charge < -0.3 is 19.5 Å². The average molecular weight is 314 g/mol. The largest absolute Gasteiger partial charge is 0.480 e. The quantitative estimate of drug-likeness (QED) is 0.919. The molecule has 6 nitrogen and oxygen atoms in total. The second-order valence-electron chi connectivity index (χ2n) is 5.19. The van der Waals surface area contributed by atoms with Crippen LogP contribution in [0.25, 0.3) is 0 Å². The first-order valence-corrected chi connectivity index (χ1v) is 7.46. The van der Waals surface area contributed by atoms with Crippen LogP contribution in [0.4, 0.5) is 5.82 Å². The average Bonchev–Trinajstić information content (AvgIpc) is 3.02. The summed E-state index contributed by atoms with van der Waals surface area (Å²) in [6.45, 7) is 3.99. The van der Waals surface area contributed by atoms with Gasteiger partial charge in [0, 0.05) is 12.3 Å². The molecule has 2 heterocycles. The summed E-state index contributed by atoms with van der Waals surface area (Å²) in [5.74, 6) is 2.18. The van der Waals surface area contributed by atoms with Crippen LogP contribution in [0.2, 0.25) is 0 Å². The molecule has 6 heteroatoms. The summed E-state index contributed by atoms with van der Waals surface area (Å²) < 4.78 is 16.4. The highest BCUT2D eigenvalue weighted by Gasteiger charge is 2.21. The van der Waals surface area contributed by atoms with Crippen LogP contribution in [-0.2, 0) is 4.79 Å². The van der Waals surface area contributed by atoms with Crippen molar-refractivity contribution in [2.75, 3.05) is 12.1 Å². The number of hydrogen-bond acceptors (Lipinski definition) is 5. The molecule has 1 atom stereocenters. The Balaban J connectivity index is 1.70. The van der Waals surface area contributed by atoms with Crippen molar-refractivity contribution in [1.29, 1.82) is 0 Å². The first-order valence-electron chi connectivity index (χ1n) is 7.46. The van der Waals surface area contributed by atoms with E-state index in [4.69, 9.17) is 14.2 Å². The van der Waals surface area contributed by atoms with Gasteiger partial charge in [-0.05, 0) is 37.1 Å². The van der Waals surface area contributed by atoms with E-state index in [0.717, 1.165) is 5.56 Å². The topological polar surface area (TPSA) is 69.7 Å². The minimum atomic E-state index is -0.614. The zero-order chi connectivity index (χ0) is 16.2. The Bertz CT molecular complexity index is 717. The summed E-state index contributed by atoms with van der Waals surface area (Å²) in [4.78, 5) is 16.6. The number of ether oxygens (including phenoxy) is 3. The lowest BCUT2D eigenvalue weighted by molar-refractivity contribution is -0.122. The van der Waals surface area contributed by atoms with Crippen molar-refractivity contribution >= 4 is 11.7 Å². The number of nitrogens with one attached hydrogen (secondary N) is 1. The molecule has 1 amide bonds. The fourth-order valence-corrected chi connectivity index (χ4v) is 2.25. The molecule has 1 aliphatic rings. The van der Waals surface area contributed by atoms with Gasteiger partial charge in [0.15, 0.2) is 17.6 Å². The van der Waals surface area contributed by atoms with E-state index in [1.54, 1.807) is 24.4 Å². The van der Waals surface area contributed by atoms with Gasteiger partial charge in [-0.2, -0.15) is 0 Å². The first-order chi connectivity index (χ1) is 11.2. The van der Waals surface area contributed by atoms with Gasteiger partial charge >= 0.3 is 0 Å². The third-order valence-corrected chi connectivity index (χ3v) is 3.54. The van der Waals surface area contributed by atoms with E-state index >= 15 is 0 Å². The Kier molecular flexibility index (Phi) is 4.32. The lowest BCUT2D eigenvalue weighted by atomic mass is 10.2. The van der Waals surface area contributed by atoms with Crippen LogP contribution in [0.5, 0.6) is 17.2 Å². The molecule has 2 aromatic rings. The van der Waals surface area contributed by atoms with Crippen molar-refractivity contribution < 1.29 is 19.0 Å². The number of aryl methyl sites for hydroxylation is 1. The van der Waals surface area contributed by atoms with Crippen LogP contribution in [0.15, 0.2) is 36.5 Å². The molecule has 3 rings (SSSR count). The highest BCUT2D eigenvalue weighted by atomic mass is 16.7. The smallest absolute Gasteiger partial charge is 0.266 e. The van der Waals surface area contributed by atoms with Gasteiger partial charge in [0.1, 0.15) is 11.6 Å². The number of carbonyl (C=O) groups excluding carboxylic acids is 1. The summed E-state index contributed by atoms with van der Waals surface area (Å²) in [5.41, 5.74) is 0.902. The Morgan fingerprint density at radius 2 is 2.17 bits per heavy atom. The Morgan fingerprint density at radius 3 is 2.96 bits per heavy atom. The van der Waals surface area contributed by atoms with Gasteiger partial charge in [-0.15, -0.1) is 0 Å². The summed E-state index contributed by atoms with van der Waals surface area (Å²) in [6.07, 6.45) is 1.56. The first kappa shape index (κ1) is 15.1. The molecular weight excluding hydrogens is 296 g/mol. The number of benzene rings is 1. The van der Waals surface area contributed by atoms with E-state index in [9.17, 15) is 4.79 Å². The summed E-state index contributed by atoms with van der Waals surface area (Å²) in [5, 5.41) is 2.80. The van der Waals surface area contributed by atoms with E-state index in [-0.39, 0.29) is 12.7 Å². The van der Waals surface area contributed by atoms with Gasteiger partial charge in [-0.1, -0.05) is 13.0 Å². The van der Waals surface area contributed by atoms with Crippen LogP contribution in [-0.4, -0.2) is 23.8 Å². The number of rotatable bonds is 5. The maximum atomic E-state index is 12.4. The number of aromatic nitrogens is 1. The van der Waals surface area contributed by atoms with E-state index < -0.39 is 6.10 Å². The minimum Gasteiger partial charge on any atom is -0.480 e. The SMILES string of the molecule is CC[C@@H](Oc1ccc2c(c1)OCO2)C(=O)Nc1ncccc1C. The summed E-state index contributed by atoms with van der Waals surface area (Å²) >= 11 is 0. The molecule has 0 radical (unpaired) electrons. The predicted octanol–water partition coefficient (Wildman–Crippen LogP) is 2.91. The van der Waals surface area contributed by atoms with E-state index in [1.807, 2.05) is 26.0 Å². The number of fused-ring (bicyclic) bond motifs is 1. The van der Waals surface area contributed by atoms with Crippen LogP contribution < -0.4 is 19.5 Å². The molecule has 0 saturated heterocycles. The van der Waals surface area contributed by atoms with E-state index in [0.29, 0.717) is 29.5 Å². The Morgan fingerprint density at radius 1 is 1.35 bits per heavy atom. The normalized spacial score (nSPS) is 13.5. The van der Waals surface area contributed by atoms with Crippen LogP contribution >= 0.6 is 0 Å². The maximum Gasteiger partial charge on any atom is 0.266 e. The minimum absolute atomic E-state index is 0.204. The standard InChI is InChI=1S/C17H18N2O4/c1-3-13(17(20)19-16-11(2)5-4-8-18-16)23-12-6-7-14-15(9-12)22-10-21-14/h4-9,13H,3,10H2,1-2H3,(H,18,19,20)/t13-/m1/s1. The molecule has 0 unspecified atom stereocenters. The summed E-state index contributed by atoms with van der Waals surface area (Å²) in [6, 6.07) is 8.97. The zero-order valence-electron chi connectivity index (χ0n) is 13.0. The molecular formula is C17H18N2O4. The van der Waals surface area contributed by atoms with Crippen molar-refractivity contribution in [3.63, 3.8) is 0 Å². The fraction of sp³-hybridized carbons (Fsp3) is 0.294. The molecule has 0 aliphatic carbocycles. The lowest BCUT2D eigenvalue weighted by Crippen LogP contribution is -2.32. The molecule has 1 N–H and O–H groups in total. The number of amides is 1. The van der Waals surface area contributed by atoms with Crippen LogP contribution in [0, 0.1) is 6.92 Å².